The first-order valence-electron chi connectivity index (χ1n) is 7.44. The van der Waals surface area contributed by atoms with Gasteiger partial charge in [-0.25, -0.2) is 0 Å². The highest BCUT2D eigenvalue weighted by Crippen LogP contribution is 2.30. The van der Waals surface area contributed by atoms with Crippen LogP contribution in [0.25, 0.3) is 0 Å². The molecule has 0 aromatic heterocycles. The van der Waals surface area contributed by atoms with Crippen LogP contribution in [0.2, 0.25) is 0 Å². The molecule has 0 saturated carbocycles. The second-order valence-electron chi connectivity index (χ2n) is 5.06. The quantitative estimate of drug-likeness (QED) is 0.774. The van der Waals surface area contributed by atoms with Crippen LogP contribution in [-0.4, -0.2) is 31.2 Å². The van der Waals surface area contributed by atoms with Gasteiger partial charge in [0.15, 0.2) is 11.5 Å². The molecule has 0 heterocycles. The van der Waals surface area contributed by atoms with Crippen molar-refractivity contribution in [3.8, 4) is 11.5 Å². The molecule has 5 nitrogen and oxygen atoms in total. The van der Waals surface area contributed by atoms with E-state index < -0.39 is 0 Å². The van der Waals surface area contributed by atoms with Crippen molar-refractivity contribution in [2.75, 3.05) is 18.5 Å². The highest BCUT2D eigenvalue weighted by Gasteiger charge is 2.14. The van der Waals surface area contributed by atoms with Gasteiger partial charge in [0.25, 0.3) is 0 Å². The third-order valence-corrected chi connectivity index (χ3v) is 2.75. The average molecular weight is 294 g/mol. The summed E-state index contributed by atoms with van der Waals surface area (Å²) >= 11 is 0. The molecular weight excluding hydrogens is 268 g/mol. The fraction of sp³-hybridized carbons (Fsp3) is 0.562. The lowest BCUT2D eigenvalue weighted by atomic mass is 10.2. The van der Waals surface area contributed by atoms with Gasteiger partial charge in [-0.3, -0.25) is 4.79 Å². The molecule has 0 aliphatic rings. The van der Waals surface area contributed by atoms with E-state index in [1.54, 1.807) is 0 Å². The van der Waals surface area contributed by atoms with Gasteiger partial charge in [0.2, 0.25) is 5.91 Å². The standard InChI is InChI=1S/C16H26N2O3/c1-6-20-14-9-8-13(10-15(14)21-7-2)18-12(5)16(19)17-11(3)4/h8-12,18H,6-7H2,1-5H3,(H,17,19). The van der Waals surface area contributed by atoms with Crippen LogP contribution in [-0.2, 0) is 4.79 Å². The summed E-state index contributed by atoms with van der Waals surface area (Å²) < 4.78 is 11.1. The maximum Gasteiger partial charge on any atom is 0.242 e. The van der Waals surface area contributed by atoms with Crippen molar-refractivity contribution in [2.24, 2.45) is 0 Å². The predicted molar refractivity (Wildman–Crippen MR) is 85.1 cm³/mol. The van der Waals surface area contributed by atoms with Crippen molar-refractivity contribution in [3.63, 3.8) is 0 Å². The van der Waals surface area contributed by atoms with Crippen molar-refractivity contribution in [2.45, 2.75) is 46.7 Å². The molecule has 0 fully saturated rings. The lowest BCUT2D eigenvalue weighted by Crippen LogP contribution is -2.40. The van der Waals surface area contributed by atoms with Gasteiger partial charge in [0.1, 0.15) is 6.04 Å². The van der Waals surface area contributed by atoms with E-state index in [-0.39, 0.29) is 18.0 Å². The normalized spacial score (nSPS) is 11.9. The molecule has 118 valence electrons. The maximum absolute atomic E-state index is 11.9. The summed E-state index contributed by atoms with van der Waals surface area (Å²) in [5.41, 5.74) is 0.827. The molecular formula is C16H26N2O3. The van der Waals surface area contributed by atoms with Crippen LogP contribution in [0.15, 0.2) is 18.2 Å². The number of nitrogens with one attached hydrogen (secondary N) is 2. The van der Waals surface area contributed by atoms with Gasteiger partial charge in [-0.15, -0.1) is 0 Å². The lowest BCUT2D eigenvalue weighted by Gasteiger charge is -2.18. The van der Waals surface area contributed by atoms with Crippen LogP contribution < -0.4 is 20.1 Å². The number of amides is 1. The topological polar surface area (TPSA) is 59.6 Å². The number of benzene rings is 1. The third-order valence-electron chi connectivity index (χ3n) is 2.75. The Labute approximate surface area is 127 Å². The average Bonchev–Trinajstić information content (AvgIpc) is 2.41. The number of hydrogen-bond acceptors (Lipinski definition) is 4. The monoisotopic (exact) mass is 294 g/mol. The second kappa shape index (κ2) is 8.39. The molecule has 1 aromatic rings. The smallest absolute Gasteiger partial charge is 0.242 e. The molecule has 2 N–H and O–H groups in total. The Morgan fingerprint density at radius 1 is 1.10 bits per heavy atom. The summed E-state index contributed by atoms with van der Waals surface area (Å²) in [5, 5.41) is 6.04. The number of carbonyl (C=O) groups excluding carboxylic acids is 1. The van der Waals surface area contributed by atoms with E-state index in [1.165, 1.54) is 0 Å². The van der Waals surface area contributed by atoms with E-state index in [1.807, 2.05) is 52.8 Å². The predicted octanol–water partition coefficient (Wildman–Crippen LogP) is 2.81. The summed E-state index contributed by atoms with van der Waals surface area (Å²) in [5.74, 6) is 1.36. The summed E-state index contributed by atoms with van der Waals surface area (Å²) in [7, 11) is 0. The Morgan fingerprint density at radius 2 is 1.71 bits per heavy atom. The highest BCUT2D eigenvalue weighted by molar-refractivity contribution is 5.84. The molecule has 0 bridgehead atoms. The maximum atomic E-state index is 11.9. The fourth-order valence-electron chi connectivity index (χ4n) is 1.87. The fourth-order valence-corrected chi connectivity index (χ4v) is 1.87. The first kappa shape index (κ1) is 17.1. The number of anilines is 1. The highest BCUT2D eigenvalue weighted by atomic mass is 16.5. The minimum Gasteiger partial charge on any atom is -0.490 e. The Hall–Kier alpha value is -1.91. The van der Waals surface area contributed by atoms with Gasteiger partial charge >= 0.3 is 0 Å². The van der Waals surface area contributed by atoms with Crippen molar-refractivity contribution in [3.05, 3.63) is 18.2 Å². The van der Waals surface area contributed by atoms with Crippen LogP contribution in [0.4, 0.5) is 5.69 Å². The van der Waals surface area contributed by atoms with E-state index in [2.05, 4.69) is 10.6 Å². The number of carbonyl (C=O) groups is 1. The molecule has 5 heteroatoms. The SMILES string of the molecule is CCOc1ccc(NC(C)C(=O)NC(C)C)cc1OCC. The molecule has 0 spiro atoms. The zero-order valence-electron chi connectivity index (χ0n) is 13.5. The third kappa shape index (κ3) is 5.53. The molecule has 0 radical (unpaired) electrons. The van der Waals surface area contributed by atoms with Crippen LogP contribution in [0.1, 0.15) is 34.6 Å². The summed E-state index contributed by atoms with van der Waals surface area (Å²) in [6, 6.07) is 5.39. The van der Waals surface area contributed by atoms with Crippen molar-refractivity contribution in [1.29, 1.82) is 0 Å². The van der Waals surface area contributed by atoms with Gasteiger partial charge in [0, 0.05) is 17.8 Å². The number of hydrogen-bond donors (Lipinski definition) is 2. The first-order chi connectivity index (χ1) is 9.97. The number of ether oxygens (including phenoxy) is 2. The minimum absolute atomic E-state index is 0.0307. The van der Waals surface area contributed by atoms with Crippen molar-refractivity contribution < 1.29 is 14.3 Å². The van der Waals surface area contributed by atoms with Crippen LogP contribution >= 0.6 is 0 Å². The van der Waals surface area contributed by atoms with Crippen LogP contribution in [0, 0.1) is 0 Å². The van der Waals surface area contributed by atoms with Crippen molar-refractivity contribution in [1.82, 2.24) is 5.32 Å². The van der Waals surface area contributed by atoms with E-state index in [0.717, 1.165) is 5.69 Å². The molecule has 1 unspecified atom stereocenters. The lowest BCUT2D eigenvalue weighted by molar-refractivity contribution is -0.122. The van der Waals surface area contributed by atoms with E-state index in [9.17, 15) is 4.79 Å². The summed E-state index contributed by atoms with van der Waals surface area (Å²) in [6.45, 7) is 10.7. The molecule has 21 heavy (non-hydrogen) atoms. The Bertz CT molecular complexity index is 461. The summed E-state index contributed by atoms with van der Waals surface area (Å²) in [4.78, 5) is 11.9. The van der Waals surface area contributed by atoms with Crippen LogP contribution in [0.3, 0.4) is 0 Å². The van der Waals surface area contributed by atoms with Gasteiger partial charge in [-0.1, -0.05) is 0 Å². The van der Waals surface area contributed by atoms with Gasteiger partial charge in [-0.05, 0) is 46.8 Å². The zero-order valence-corrected chi connectivity index (χ0v) is 13.5. The zero-order chi connectivity index (χ0) is 15.8. The molecule has 0 saturated heterocycles. The first-order valence-corrected chi connectivity index (χ1v) is 7.44. The molecule has 1 amide bonds. The Kier molecular flexibility index (Phi) is 6.85. The van der Waals surface area contributed by atoms with E-state index in [4.69, 9.17) is 9.47 Å². The molecule has 0 aliphatic carbocycles. The molecule has 0 aliphatic heterocycles. The Morgan fingerprint density at radius 3 is 2.29 bits per heavy atom. The molecule has 1 aromatic carbocycles. The van der Waals surface area contributed by atoms with Gasteiger partial charge < -0.3 is 20.1 Å². The van der Waals surface area contributed by atoms with Gasteiger partial charge in [0.05, 0.1) is 13.2 Å². The Balaban J connectivity index is 2.79. The van der Waals surface area contributed by atoms with E-state index >= 15 is 0 Å². The second-order valence-corrected chi connectivity index (χ2v) is 5.06. The largest absolute Gasteiger partial charge is 0.490 e. The van der Waals surface area contributed by atoms with Crippen molar-refractivity contribution >= 4 is 11.6 Å². The molecule has 1 rings (SSSR count). The van der Waals surface area contributed by atoms with E-state index in [0.29, 0.717) is 24.7 Å². The summed E-state index contributed by atoms with van der Waals surface area (Å²) in [6.07, 6.45) is 0. The number of rotatable bonds is 8. The van der Waals surface area contributed by atoms with Gasteiger partial charge in [-0.2, -0.15) is 0 Å². The molecule has 1 atom stereocenters. The van der Waals surface area contributed by atoms with Crippen LogP contribution in [0.5, 0.6) is 11.5 Å². The minimum atomic E-state index is -0.320.